The van der Waals surface area contributed by atoms with Gasteiger partial charge in [-0.1, -0.05) is 61.5 Å². The van der Waals surface area contributed by atoms with Crippen LogP contribution in [0.1, 0.15) is 36.5 Å². The monoisotopic (exact) mass is 328 g/mol. The van der Waals surface area contributed by atoms with Crippen molar-refractivity contribution in [3.05, 3.63) is 95.6 Å². The van der Waals surface area contributed by atoms with Crippen LogP contribution in [0.15, 0.2) is 78.9 Å². The molecular weight excluding hydrogens is 308 g/mol. The second-order valence-electron chi connectivity index (χ2n) is 6.22. The highest BCUT2D eigenvalue weighted by atomic mass is 16.1. The summed E-state index contributed by atoms with van der Waals surface area (Å²) in [5.74, 6) is 0.151. The van der Waals surface area contributed by atoms with Gasteiger partial charge in [-0.2, -0.15) is 0 Å². The van der Waals surface area contributed by atoms with Gasteiger partial charge in [0.15, 0.2) is 5.78 Å². The van der Waals surface area contributed by atoms with Gasteiger partial charge in [-0.25, -0.2) is 0 Å². The molecule has 0 spiro atoms. The number of ketones is 1. The number of rotatable bonds is 4. The van der Waals surface area contributed by atoms with Gasteiger partial charge in [-0.05, 0) is 17.5 Å². The summed E-state index contributed by atoms with van der Waals surface area (Å²) in [7, 11) is 0. The number of carbonyl (C=O) groups is 1. The van der Waals surface area contributed by atoms with Gasteiger partial charge in [0, 0.05) is 36.2 Å². The van der Waals surface area contributed by atoms with Crippen molar-refractivity contribution in [1.82, 2.24) is 10.2 Å². The van der Waals surface area contributed by atoms with Gasteiger partial charge in [0.2, 0.25) is 0 Å². The van der Waals surface area contributed by atoms with Crippen LogP contribution in [-0.4, -0.2) is 10.7 Å². The first kappa shape index (κ1) is 15.5. The van der Waals surface area contributed by atoms with Crippen molar-refractivity contribution < 1.29 is 4.79 Å². The van der Waals surface area contributed by atoms with Gasteiger partial charge >= 0.3 is 0 Å². The van der Waals surface area contributed by atoms with Crippen molar-refractivity contribution in [2.24, 2.45) is 0 Å². The molecular formula is C22H20N2O. The average molecular weight is 328 g/mol. The van der Waals surface area contributed by atoms with Crippen molar-refractivity contribution in [3.8, 4) is 0 Å². The number of benzene rings is 2. The molecule has 3 nitrogen and oxygen atoms in total. The van der Waals surface area contributed by atoms with Gasteiger partial charge in [-0.3, -0.25) is 4.79 Å². The van der Waals surface area contributed by atoms with Crippen LogP contribution in [0.5, 0.6) is 0 Å². The van der Waals surface area contributed by atoms with Crippen LogP contribution in [0.3, 0.4) is 0 Å². The van der Waals surface area contributed by atoms with Gasteiger partial charge < -0.3 is 10.2 Å². The summed E-state index contributed by atoms with van der Waals surface area (Å²) in [5.41, 5.74) is 6.19. The van der Waals surface area contributed by atoms with E-state index in [1.54, 1.807) is 0 Å². The summed E-state index contributed by atoms with van der Waals surface area (Å²) in [5, 5.41) is 3.18. The van der Waals surface area contributed by atoms with Crippen molar-refractivity contribution in [2.45, 2.75) is 19.8 Å². The molecule has 0 saturated carbocycles. The Balaban J connectivity index is 1.92. The number of fused-ring (bicyclic) bond motifs is 3. The normalized spacial score (nSPS) is 15.2. The van der Waals surface area contributed by atoms with Crippen molar-refractivity contribution >= 4 is 17.1 Å². The molecule has 0 saturated heterocycles. The first-order valence-corrected chi connectivity index (χ1v) is 8.65. The standard InChI is InChI=1S/C22H20N2O/c1-2-8-20(25)21-22-18-12-7-6-11-17(18)19(15-24(22)14-13-23-21)16-9-4-3-5-10-16/h3-7,9-15,23H,2,8H2,1H3. The van der Waals surface area contributed by atoms with Crippen molar-refractivity contribution in [1.29, 1.82) is 0 Å². The zero-order valence-electron chi connectivity index (χ0n) is 14.2. The van der Waals surface area contributed by atoms with Crippen LogP contribution in [0.25, 0.3) is 11.3 Å². The Labute approximate surface area is 148 Å². The van der Waals surface area contributed by atoms with E-state index in [-0.39, 0.29) is 5.78 Å². The summed E-state index contributed by atoms with van der Waals surface area (Å²) >= 11 is 0. The first-order chi connectivity index (χ1) is 12.3. The van der Waals surface area contributed by atoms with E-state index in [0.717, 1.165) is 28.8 Å². The molecule has 0 bridgehead atoms. The largest absolute Gasteiger partial charge is 0.356 e. The zero-order valence-corrected chi connectivity index (χ0v) is 14.2. The number of hydrogen-bond donors (Lipinski definition) is 1. The number of nitrogens with zero attached hydrogens (tertiary/aromatic N) is 1. The highest BCUT2D eigenvalue weighted by Crippen LogP contribution is 2.39. The SMILES string of the molecule is CCCC(=O)C1=C2c3ccccc3C(c3ccccc3)=CN2C=CN1. The van der Waals surface area contributed by atoms with Gasteiger partial charge in [0.1, 0.15) is 5.70 Å². The Morgan fingerprint density at radius 1 is 1.00 bits per heavy atom. The summed E-state index contributed by atoms with van der Waals surface area (Å²) in [4.78, 5) is 14.7. The summed E-state index contributed by atoms with van der Waals surface area (Å²) in [6.07, 6.45) is 7.30. The first-order valence-electron chi connectivity index (χ1n) is 8.65. The average Bonchev–Trinajstić information content (AvgIpc) is 2.67. The summed E-state index contributed by atoms with van der Waals surface area (Å²) < 4.78 is 0. The lowest BCUT2D eigenvalue weighted by atomic mass is 9.88. The van der Waals surface area contributed by atoms with E-state index in [9.17, 15) is 4.79 Å². The molecule has 3 heteroatoms. The molecule has 0 atom stereocenters. The molecule has 2 aliphatic rings. The Morgan fingerprint density at radius 2 is 1.72 bits per heavy atom. The van der Waals surface area contributed by atoms with E-state index in [1.807, 2.05) is 49.7 Å². The van der Waals surface area contributed by atoms with E-state index >= 15 is 0 Å². The van der Waals surface area contributed by atoms with E-state index in [0.29, 0.717) is 12.1 Å². The molecule has 0 aromatic heterocycles. The van der Waals surface area contributed by atoms with E-state index in [4.69, 9.17) is 0 Å². The van der Waals surface area contributed by atoms with Gasteiger partial charge in [-0.15, -0.1) is 0 Å². The second kappa shape index (κ2) is 6.44. The van der Waals surface area contributed by atoms with E-state index in [1.165, 1.54) is 5.56 Å². The number of allylic oxidation sites excluding steroid dienone is 1. The molecule has 0 radical (unpaired) electrons. The second-order valence-corrected chi connectivity index (χ2v) is 6.22. The molecule has 2 aromatic rings. The molecule has 2 aliphatic heterocycles. The van der Waals surface area contributed by atoms with Crippen LogP contribution in [-0.2, 0) is 4.79 Å². The molecule has 4 rings (SSSR count). The summed E-state index contributed by atoms with van der Waals surface area (Å²) in [6, 6.07) is 18.6. The number of carbonyl (C=O) groups excluding carboxylic acids is 1. The van der Waals surface area contributed by atoms with E-state index < -0.39 is 0 Å². The maximum absolute atomic E-state index is 12.6. The van der Waals surface area contributed by atoms with Crippen molar-refractivity contribution in [2.75, 3.05) is 0 Å². The predicted molar refractivity (Wildman–Crippen MR) is 101 cm³/mol. The Morgan fingerprint density at radius 3 is 2.48 bits per heavy atom. The third-order valence-corrected chi connectivity index (χ3v) is 4.54. The van der Waals surface area contributed by atoms with E-state index in [2.05, 4.69) is 40.7 Å². The van der Waals surface area contributed by atoms with Crippen LogP contribution in [0.2, 0.25) is 0 Å². The molecule has 2 aromatic carbocycles. The lowest BCUT2D eigenvalue weighted by Gasteiger charge is -2.33. The molecule has 2 heterocycles. The molecule has 124 valence electrons. The third-order valence-electron chi connectivity index (χ3n) is 4.54. The molecule has 0 unspecified atom stereocenters. The fourth-order valence-corrected chi connectivity index (χ4v) is 3.40. The quantitative estimate of drug-likeness (QED) is 0.896. The highest BCUT2D eigenvalue weighted by molar-refractivity contribution is 6.05. The van der Waals surface area contributed by atoms with Crippen LogP contribution >= 0.6 is 0 Å². The Hall–Kier alpha value is -3.07. The van der Waals surface area contributed by atoms with Crippen LogP contribution in [0, 0.1) is 0 Å². The maximum Gasteiger partial charge on any atom is 0.181 e. The number of Topliss-reactive ketones (excluding diaryl/α,β-unsaturated/α-hetero) is 1. The predicted octanol–water partition coefficient (Wildman–Crippen LogP) is 4.50. The molecule has 0 aliphatic carbocycles. The Kier molecular flexibility index (Phi) is 3.98. The zero-order chi connectivity index (χ0) is 17.2. The van der Waals surface area contributed by atoms with Gasteiger partial charge in [0.25, 0.3) is 0 Å². The molecule has 0 amide bonds. The number of nitrogens with one attached hydrogen (secondary N) is 1. The lowest BCUT2D eigenvalue weighted by Crippen LogP contribution is -2.29. The lowest BCUT2D eigenvalue weighted by molar-refractivity contribution is -0.115. The molecule has 1 N–H and O–H groups in total. The summed E-state index contributed by atoms with van der Waals surface area (Å²) in [6.45, 7) is 2.03. The molecule has 25 heavy (non-hydrogen) atoms. The minimum absolute atomic E-state index is 0.151. The fourth-order valence-electron chi connectivity index (χ4n) is 3.40. The minimum atomic E-state index is 0.151. The third kappa shape index (κ3) is 2.68. The topological polar surface area (TPSA) is 32.3 Å². The smallest absolute Gasteiger partial charge is 0.181 e. The Bertz CT molecular complexity index is 907. The minimum Gasteiger partial charge on any atom is -0.356 e. The van der Waals surface area contributed by atoms with Gasteiger partial charge in [0.05, 0.1) is 5.70 Å². The number of hydrogen-bond acceptors (Lipinski definition) is 3. The highest BCUT2D eigenvalue weighted by Gasteiger charge is 2.28. The van der Waals surface area contributed by atoms with Crippen LogP contribution in [0.4, 0.5) is 0 Å². The van der Waals surface area contributed by atoms with Crippen LogP contribution < -0.4 is 5.32 Å². The van der Waals surface area contributed by atoms with Crippen molar-refractivity contribution in [3.63, 3.8) is 0 Å². The fraction of sp³-hybridized carbons (Fsp3) is 0.136. The maximum atomic E-state index is 12.6. The molecule has 0 fully saturated rings.